The zero-order valence-electron chi connectivity index (χ0n) is 14.5. The van der Waals surface area contributed by atoms with Crippen molar-refractivity contribution in [2.75, 3.05) is 36.0 Å². The van der Waals surface area contributed by atoms with Gasteiger partial charge < -0.3 is 16.4 Å². The van der Waals surface area contributed by atoms with Gasteiger partial charge in [0.05, 0.1) is 12.1 Å². The molecule has 6 nitrogen and oxygen atoms in total. The monoisotopic (exact) mass is 394 g/mol. The van der Waals surface area contributed by atoms with Crippen molar-refractivity contribution in [3.63, 3.8) is 0 Å². The molecular formula is C15H28N3O3S3. The second kappa shape index (κ2) is 14.9. The molecule has 0 saturated heterocycles. The van der Waals surface area contributed by atoms with Crippen LogP contribution in [0.15, 0.2) is 0 Å². The molecule has 0 aromatic carbocycles. The summed E-state index contributed by atoms with van der Waals surface area (Å²) in [6, 6.07) is -1.97. The van der Waals surface area contributed by atoms with Gasteiger partial charge in [-0.1, -0.05) is 0 Å². The van der Waals surface area contributed by atoms with E-state index in [1.165, 1.54) is 0 Å². The van der Waals surface area contributed by atoms with Crippen LogP contribution in [0.3, 0.4) is 0 Å². The molecule has 0 spiro atoms. The number of nitrogens with two attached hydrogens (primary N) is 1. The molecule has 1 radical (unpaired) electrons. The summed E-state index contributed by atoms with van der Waals surface area (Å²) >= 11 is 4.80. The molecule has 0 rings (SSSR count). The molecule has 24 heavy (non-hydrogen) atoms. The topological polar surface area (TPSA) is 101 Å². The van der Waals surface area contributed by atoms with Crippen LogP contribution in [0.5, 0.6) is 0 Å². The SMILES string of the molecule is CSCCC([C]=O)NC(=O)C(CCSC)NC(=O)C(N)CCSC. The molecule has 0 bridgehead atoms. The van der Waals surface area contributed by atoms with Crippen LogP contribution < -0.4 is 16.4 Å². The maximum absolute atomic E-state index is 12.4. The predicted molar refractivity (Wildman–Crippen MR) is 107 cm³/mol. The van der Waals surface area contributed by atoms with Crippen molar-refractivity contribution in [1.82, 2.24) is 10.6 Å². The van der Waals surface area contributed by atoms with Gasteiger partial charge in [-0.15, -0.1) is 0 Å². The van der Waals surface area contributed by atoms with Gasteiger partial charge >= 0.3 is 0 Å². The molecule has 0 aliphatic heterocycles. The fourth-order valence-electron chi connectivity index (χ4n) is 1.83. The zero-order valence-corrected chi connectivity index (χ0v) is 17.0. The van der Waals surface area contributed by atoms with Gasteiger partial charge in [0.25, 0.3) is 0 Å². The van der Waals surface area contributed by atoms with E-state index < -0.39 is 18.1 Å². The first-order chi connectivity index (χ1) is 11.5. The number of rotatable bonds is 14. The van der Waals surface area contributed by atoms with Crippen molar-refractivity contribution in [2.24, 2.45) is 5.73 Å². The maximum atomic E-state index is 12.4. The molecule has 4 N–H and O–H groups in total. The molecule has 0 aromatic rings. The largest absolute Gasteiger partial charge is 0.344 e. The number of hydrogen-bond donors (Lipinski definition) is 3. The minimum Gasteiger partial charge on any atom is -0.344 e. The summed E-state index contributed by atoms with van der Waals surface area (Å²) in [5.41, 5.74) is 5.85. The smallest absolute Gasteiger partial charge is 0.243 e. The molecule has 3 atom stereocenters. The Kier molecular flexibility index (Phi) is 14.7. The van der Waals surface area contributed by atoms with Gasteiger partial charge in [0.1, 0.15) is 6.04 Å². The lowest BCUT2D eigenvalue weighted by Gasteiger charge is -2.22. The Bertz CT molecular complexity index is 386. The third kappa shape index (κ3) is 10.5. The Hall–Kier alpha value is -0.380. The lowest BCUT2D eigenvalue weighted by atomic mass is 10.1. The zero-order chi connectivity index (χ0) is 18.4. The third-order valence-corrected chi connectivity index (χ3v) is 5.21. The van der Waals surface area contributed by atoms with E-state index in [1.54, 1.807) is 35.3 Å². The molecular weight excluding hydrogens is 366 g/mol. The van der Waals surface area contributed by atoms with E-state index in [1.807, 2.05) is 25.1 Å². The van der Waals surface area contributed by atoms with Crippen LogP contribution in [0.4, 0.5) is 0 Å². The van der Waals surface area contributed by atoms with Crippen molar-refractivity contribution in [1.29, 1.82) is 0 Å². The van der Waals surface area contributed by atoms with Crippen LogP contribution in [-0.4, -0.2) is 72.3 Å². The first kappa shape index (κ1) is 23.6. The van der Waals surface area contributed by atoms with Crippen molar-refractivity contribution >= 4 is 53.4 Å². The van der Waals surface area contributed by atoms with Crippen molar-refractivity contribution in [3.8, 4) is 0 Å². The number of hydrogen-bond acceptors (Lipinski definition) is 7. The van der Waals surface area contributed by atoms with Gasteiger partial charge in [-0.05, 0) is 55.3 Å². The Labute approximate surface area is 157 Å². The molecule has 0 aromatic heterocycles. The van der Waals surface area contributed by atoms with E-state index in [-0.39, 0.29) is 11.8 Å². The standard InChI is InChI=1S/C15H28N3O3S3/c1-22-7-4-11(10-19)17-15(21)13(6-9-24-3)18-14(20)12(16)5-8-23-2/h11-13H,4-9,16H2,1-3H3,(H,17,21)(H,18,20). The Morgan fingerprint density at radius 3 is 2.00 bits per heavy atom. The van der Waals surface area contributed by atoms with Crippen molar-refractivity contribution in [3.05, 3.63) is 0 Å². The van der Waals surface area contributed by atoms with E-state index in [4.69, 9.17) is 5.73 Å². The molecule has 9 heteroatoms. The minimum absolute atomic E-state index is 0.332. The molecule has 0 aliphatic rings. The summed E-state index contributed by atoms with van der Waals surface area (Å²) in [6.45, 7) is 0. The third-order valence-electron chi connectivity index (χ3n) is 3.28. The first-order valence-electron chi connectivity index (χ1n) is 7.70. The molecule has 2 amide bonds. The van der Waals surface area contributed by atoms with Crippen LogP contribution in [0.2, 0.25) is 0 Å². The van der Waals surface area contributed by atoms with Gasteiger partial charge in [0.15, 0.2) is 0 Å². The first-order valence-corrected chi connectivity index (χ1v) is 11.9. The highest BCUT2D eigenvalue weighted by Crippen LogP contribution is 2.05. The summed E-state index contributed by atoms with van der Waals surface area (Å²) in [7, 11) is 0. The average Bonchev–Trinajstić information content (AvgIpc) is 2.59. The minimum atomic E-state index is -0.685. The molecule has 0 saturated carbocycles. The molecule has 3 unspecified atom stereocenters. The lowest BCUT2D eigenvalue weighted by molar-refractivity contribution is -0.129. The van der Waals surface area contributed by atoms with Crippen LogP contribution >= 0.6 is 35.3 Å². The van der Waals surface area contributed by atoms with Gasteiger partial charge in [0.2, 0.25) is 18.1 Å². The lowest BCUT2D eigenvalue weighted by Crippen LogP contribution is -2.53. The fourth-order valence-corrected chi connectivity index (χ4v) is 3.26. The second-order valence-corrected chi connectivity index (χ2v) is 8.15. The van der Waals surface area contributed by atoms with E-state index in [0.29, 0.717) is 19.3 Å². The van der Waals surface area contributed by atoms with Crippen LogP contribution in [0, 0.1) is 0 Å². The van der Waals surface area contributed by atoms with E-state index in [0.717, 1.165) is 17.3 Å². The molecule has 0 heterocycles. The number of nitrogens with one attached hydrogen (secondary N) is 2. The Morgan fingerprint density at radius 2 is 1.46 bits per heavy atom. The quantitative estimate of drug-likeness (QED) is 0.398. The molecule has 139 valence electrons. The second-order valence-electron chi connectivity index (χ2n) is 5.19. The van der Waals surface area contributed by atoms with Crippen LogP contribution in [0.25, 0.3) is 0 Å². The fraction of sp³-hybridized carbons (Fsp3) is 0.800. The van der Waals surface area contributed by atoms with Crippen LogP contribution in [-0.2, 0) is 14.4 Å². The van der Waals surface area contributed by atoms with Gasteiger partial charge in [-0.3, -0.25) is 14.4 Å². The van der Waals surface area contributed by atoms with E-state index in [9.17, 15) is 14.4 Å². The van der Waals surface area contributed by atoms with Crippen LogP contribution in [0.1, 0.15) is 19.3 Å². The summed E-state index contributed by atoms with van der Waals surface area (Å²) in [6.07, 6.45) is 9.22. The number of carbonyl (C=O) groups is 2. The number of amides is 2. The number of carbonyl (C=O) groups excluding carboxylic acids is 3. The van der Waals surface area contributed by atoms with Gasteiger partial charge in [-0.25, -0.2) is 0 Å². The highest BCUT2D eigenvalue weighted by atomic mass is 32.2. The summed E-state index contributed by atoms with van der Waals surface area (Å²) in [5, 5.41) is 5.37. The molecule has 0 fully saturated rings. The number of thioether (sulfide) groups is 3. The van der Waals surface area contributed by atoms with E-state index in [2.05, 4.69) is 10.6 Å². The van der Waals surface area contributed by atoms with Crippen molar-refractivity contribution in [2.45, 2.75) is 37.4 Å². The highest BCUT2D eigenvalue weighted by Gasteiger charge is 2.25. The normalized spacial score (nSPS) is 14.5. The van der Waals surface area contributed by atoms with E-state index >= 15 is 0 Å². The van der Waals surface area contributed by atoms with Gasteiger partial charge in [0, 0.05) is 0 Å². The summed E-state index contributed by atoms with van der Waals surface area (Å²) in [5.74, 6) is 1.57. The highest BCUT2D eigenvalue weighted by molar-refractivity contribution is 7.98. The summed E-state index contributed by atoms with van der Waals surface area (Å²) < 4.78 is 0. The molecule has 0 aliphatic carbocycles. The maximum Gasteiger partial charge on any atom is 0.243 e. The summed E-state index contributed by atoms with van der Waals surface area (Å²) in [4.78, 5) is 35.5. The predicted octanol–water partition coefficient (Wildman–Crippen LogP) is 0.652. The average molecular weight is 395 g/mol. The van der Waals surface area contributed by atoms with Gasteiger partial charge in [-0.2, -0.15) is 35.3 Å². The van der Waals surface area contributed by atoms with Crippen molar-refractivity contribution < 1.29 is 14.4 Å². The Morgan fingerprint density at radius 1 is 0.917 bits per heavy atom. The Balaban J connectivity index is 4.69.